The molecule has 1 aliphatic rings. The van der Waals surface area contributed by atoms with Crippen LogP contribution < -0.4 is 10.0 Å². The molecule has 2 amide bonds. The average Bonchev–Trinajstić information content (AvgIpc) is 3.13. The fourth-order valence-corrected chi connectivity index (χ4v) is 4.93. The number of carbonyl (C=O) groups is 2. The van der Waals surface area contributed by atoms with Crippen LogP contribution in [-0.2, 0) is 21.2 Å². The van der Waals surface area contributed by atoms with Crippen LogP contribution in [0.15, 0.2) is 28.9 Å². The second kappa shape index (κ2) is 10.9. The van der Waals surface area contributed by atoms with Gasteiger partial charge in [0.1, 0.15) is 6.26 Å². The summed E-state index contributed by atoms with van der Waals surface area (Å²) >= 11 is 0. The molecule has 2 N–H and O–H groups in total. The van der Waals surface area contributed by atoms with Crippen molar-refractivity contribution in [2.45, 2.75) is 39.3 Å². The number of anilines is 2. The Morgan fingerprint density at radius 2 is 1.97 bits per heavy atom. The van der Waals surface area contributed by atoms with Gasteiger partial charge in [-0.2, -0.15) is 30.9 Å². The van der Waals surface area contributed by atoms with Crippen molar-refractivity contribution in [1.82, 2.24) is 18.9 Å². The summed E-state index contributed by atoms with van der Waals surface area (Å²) in [5, 5.41) is 2.57. The number of aryl methyl sites for hydroxylation is 1. The van der Waals surface area contributed by atoms with Crippen molar-refractivity contribution in [2.24, 2.45) is 5.92 Å². The SMILES string of the molecule is CCN(C)C(=O)C1CCCN(S(=O)(=O)NC(=O)c2coc(Nc3cc(C(F)(F)F)ccc3C)n2)CC1. The predicted octanol–water partition coefficient (Wildman–Crippen LogP) is 3.30. The lowest BCUT2D eigenvalue weighted by Gasteiger charge is -2.22. The van der Waals surface area contributed by atoms with Crippen molar-refractivity contribution in [3.05, 3.63) is 41.3 Å². The zero-order chi connectivity index (χ0) is 26.7. The van der Waals surface area contributed by atoms with Gasteiger partial charge in [0.15, 0.2) is 5.69 Å². The minimum Gasteiger partial charge on any atom is -0.431 e. The molecule has 1 aromatic carbocycles. The summed E-state index contributed by atoms with van der Waals surface area (Å²) < 4.78 is 72.7. The van der Waals surface area contributed by atoms with E-state index in [1.807, 2.05) is 11.6 Å². The number of amides is 2. The highest BCUT2D eigenvalue weighted by molar-refractivity contribution is 7.87. The van der Waals surface area contributed by atoms with E-state index in [4.69, 9.17) is 4.42 Å². The number of rotatable bonds is 7. The summed E-state index contributed by atoms with van der Waals surface area (Å²) in [7, 11) is -2.53. The molecule has 0 saturated carbocycles. The smallest absolute Gasteiger partial charge is 0.416 e. The maximum absolute atomic E-state index is 13.0. The summed E-state index contributed by atoms with van der Waals surface area (Å²) in [6, 6.07) is 2.80. The lowest BCUT2D eigenvalue weighted by atomic mass is 9.99. The molecule has 1 saturated heterocycles. The Bertz CT molecular complexity index is 1210. The molecule has 2 aromatic rings. The minimum atomic E-state index is -4.55. The second-order valence-corrected chi connectivity index (χ2v) is 10.2. The molecule has 3 rings (SSSR count). The van der Waals surface area contributed by atoms with Crippen LogP contribution in [0.3, 0.4) is 0 Å². The Hall–Kier alpha value is -3.13. The van der Waals surface area contributed by atoms with Crippen LogP contribution >= 0.6 is 0 Å². The van der Waals surface area contributed by atoms with Crippen LogP contribution in [0.25, 0.3) is 0 Å². The first-order valence-electron chi connectivity index (χ1n) is 11.3. The lowest BCUT2D eigenvalue weighted by molar-refractivity contribution is -0.137. The fourth-order valence-electron chi connectivity index (χ4n) is 3.74. The first kappa shape index (κ1) is 27.5. The van der Waals surface area contributed by atoms with Gasteiger partial charge in [0.25, 0.3) is 11.9 Å². The number of halogens is 3. The molecule has 14 heteroatoms. The first-order chi connectivity index (χ1) is 16.8. The second-order valence-electron chi connectivity index (χ2n) is 8.51. The Morgan fingerprint density at radius 3 is 2.64 bits per heavy atom. The van der Waals surface area contributed by atoms with Gasteiger partial charge in [-0.25, -0.2) is 4.72 Å². The normalized spacial score (nSPS) is 17.3. The zero-order valence-corrected chi connectivity index (χ0v) is 20.9. The molecule has 0 bridgehead atoms. The zero-order valence-electron chi connectivity index (χ0n) is 20.1. The van der Waals surface area contributed by atoms with Gasteiger partial charge in [0.2, 0.25) is 5.91 Å². The number of aromatic nitrogens is 1. The largest absolute Gasteiger partial charge is 0.431 e. The van der Waals surface area contributed by atoms with Gasteiger partial charge in [-0.05, 0) is 50.8 Å². The number of nitrogens with one attached hydrogen (secondary N) is 2. The van der Waals surface area contributed by atoms with E-state index in [2.05, 4.69) is 10.3 Å². The van der Waals surface area contributed by atoms with Crippen LogP contribution in [0, 0.1) is 12.8 Å². The highest BCUT2D eigenvalue weighted by Gasteiger charge is 2.32. The topological polar surface area (TPSA) is 125 Å². The highest BCUT2D eigenvalue weighted by Crippen LogP contribution is 2.33. The highest BCUT2D eigenvalue weighted by atomic mass is 32.2. The minimum absolute atomic E-state index is 0.0422. The maximum atomic E-state index is 13.0. The molecular weight excluding hydrogens is 503 g/mol. The Balaban J connectivity index is 1.65. The van der Waals surface area contributed by atoms with Gasteiger partial charge < -0.3 is 14.6 Å². The van der Waals surface area contributed by atoms with Crippen molar-refractivity contribution < 1.29 is 35.6 Å². The molecule has 36 heavy (non-hydrogen) atoms. The number of hydrogen-bond acceptors (Lipinski definition) is 7. The van der Waals surface area contributed by atoms with Crippen molar-refractivity contribution in [2.75, 3.05) is 32.0 Å². The van der Waals surface area contributed by atoms with Crippen molar-refractivity contribution in [1.29, 1.82) is 0 Å². The van der Waals surface area contributed by atoms with Crippen LogP contribution in [-0.4, -0.2) is 61.1 Å². The van der Waals surface area contributed by atoms with Gasteiger partial charge >= 0.3 is 16.4 Å². The molecular formula is C22H28F3N5O5S. The molecule has 1 aliphatic heterocycles. The van der Waals surface area contributed by atoms with E-state index in [1.54, 1.807) is 18.9 Å². The van der Waals surface area contributed by atoms with E-state index in [0.29, 0.717) is 31.4 Å². The van der Waals surface area contributed by atoms with E-state index in [0.717, 1.165) is 22.7 Å². The van der Waals surface area contributed by atoms with Crippen LogP contribution in [0.4, 0.5) is 24.9 Å². The maximum Gasteiger partial charge on any atom is 0.416 e. The third-order valence-corrected chi connectivity index (χ3v) is 7.48. The molecule has 1 unspecified atom stereocenters. The van der Waals surface area contributed by atoms with Crippen LogP contribution in [0.2, 0.25) is 0 Å². The van der Waals surface area contributed by atoms with Crippen LogP contribution in [0.1, 0.15) is 47.8 Å². The molecule has 0 aliphatic carbocycles. The quantitative estimate of drug-likeness (QED) is 0.562. The number of oxazole rings is 1. The number of hydrogen-bond donors (Lipinski definition) is 2. The van der Waals surface area contributed by atoms with Gasteiger partial charge in [-0.1, -0.05) is 6.07 Å². The predicted molar refractivity (Wildman–Crippen MR) is 125 cm³/mol. The fraction of sp³-hybridized carbons (Fsp3) is 0.500. The molecule has 1 aromatic heterocycles. The summed E-state index contributed by atoms with van der Waals surface area (Å²) in [6.45, 7) is 4.19. The first-order valence-corrected chi connectivity index (χ1v) is 12.7. The molecule has 0 spiro atoms. The van der Waals surface area contributed by atoms with Crippen LogP contribution in [0.5, 0.6) is 0 Å². The number of nitrogens with zero attached hydrogens (tertiary/aromatic N) is 3. The number of alkyl halides is 3. The van der Waals surface area contributed by atoms with Crippen molar-refractivity contribution in [3.63, 3.8) is 0 Å². The standard InChI is InChI=1S/C22H28F3N5O5S/c1-4-29(3)20(32)15-6-5-10-30(11-9-15)36(33,34)28-19(31)18-13-35-21(27-18)26-17-12-16(22(23,24)25)8-7-14(17)2/h7-8,12-13,15H,4-6,9-11H2,1-3H3,(H,26,27)(H,28,31). The average molecular weight is 532 g/mol. The lowest BCUT2D eigenvalue weighted by Crippen LogP contribution is -2.44. The summed E-state index contributed by atoms with van der Waals surface area (Å²) in [5.74, 6) is -1.40. The number of carbonyl (C=O) groups excluding carboxylic acids is 2. The molecule has 198 valence electrons. The monoisotopic (exact) mass is 531 g/mol. The van der Waals surface area contributed by atoms with Crippen molar-refractivity contribution >= 4 is 33.7 Å². The van der Waals surface area contributed by atoms with Crippen molar-refractivity contribution in [3.8, 4) is 0 Å². The Kier molecular flexibility index (Phi) is 8.29. The van der Waals surface area contributed by atoms with E-state index >= 15 is 0 Å². The third-order valence-electron chi connectivity index (χ3n) is 5.99. The van der Waals surface area contributed by atoms with Gasteiger partial charge in [-0.15, -0.1) is 0 Å². The van der Waals surface area contributed by atoms with E-state index in [9.17, 15) is 31.2 Å². The summed E-state index contributed by atoms with van der Waals surface area (Å²) in [4.78, 5) is 30.4. The Morgan fingerprint density at radius 1 is 1.25 bits per heavy atom. The van der Waals surface area contributed by atoms with E-state index < -0.39 is 27.9 Å². The van der Waals surface area contributed by atoms with Gasteiger partial charge in [0, 0.05) is 38.3 Å². The van der Waals surface area contributed by atoms with Gasteiger partial charge in [0.05, 0.1) is 5.56 Å². The third kappa shape index (κ3) is 6.55. The van der Waals surface area contributed by atoms with E-state index in [-0.39, 0.29) is 42.3 Å². The van der Waals surface area contributed by atoms with E-state index in [1.165, 1.54) is 6.07 Å². The molecule has 1 atom stereocenters. The summed E-state index contributed by atoms with van der Waals surface area (Å²) in [6.07, 6.45) is -2.33. The molecule has 1 fully saturated rings. The molecule has 2 heterocycles. The summed E-state index contributed by atoms with van der Waals surface area (Å²) in [5.41, 5.74) is -0.724. The number of benzene rings is 1. The Labute approximate surface area is 207 Å². The van der Waals surface area contributed by atoms with Gasteiger partial charge in [-0.3, -0.25) is 9.59 Å². The molecule has 10 nitrogen and oxygen atoms in total. The molecule has 0 radical (unpaired) electrons.